The van der Waals surface area contributed by atoms with Crippen molar-refractivity contribution >= 4 is 5.91 Å². The molecule has 3 rings (SSSR count). The number of likely N-dealkylation sites (N-methyl/N-ethyl adjacent to an activating group) is 1. The molecule has 0 saturated carbocycles. The monoisotopic (exact) mass is 347 g/mol. The Morgan fingerprint density at radius 3 is 2.62 bits per heavy atom. The molecule has 0 fully saturated rings. The molecular weight excluding hydrogens is 328 g/mol. The molecule has 6 heteroatoms. The highest BCUT2D eigenvalue weighted by Gasteiger charge is 2.24. The first kappa shape index (κ1) is 18.1. The molecular formula is C18H20ClN2O3-. The number of amides is 1. The molecule has 1 aliphatic heterocycles. The van der Waals surface area contributed by atoms with Crippen molar-refractivity contribution in [2.75, 3.05) is 27.2 Å². The Hall–Kier alpha value is -2.24. The molecule has 2 aromatic carbocycles. The van der Waals surface area contributed by atoms with Crippen LogP contribution in [0.3, 0.4) is 0 Å². The minimum absolute atomic E-state index is 0. The molecule has 0 unspecified atom stereocenters. The largest absolute Gasteiger partial charge is 1.00 e. The van der Waals surface area contributed by atoms with Crippen molar-refractivity contribution in [1.82, 2.24) is 10.2 Å². The second kappa shape index (κ2) is 7.55. The van der Waals surface area contributed by atoms with Crippen molar-refractivity contribution in [2.45, 2.75) is 6.92 Å². The van der Waals surface area contributed by atoms with E-state index < -0.39 is 0 Å². The van der Waals surface area contributed by atoms with Gasteiger partial charge in [0.15, 0.2) is 23.0 Å². The van der Waals surface area contributed by atoms with E-state index in [1.54, 1.807) is 18.2 Å². The van der Waals surface area contributed by atoms with Crippen molar-refractivity contribution in [3.05, 3.63) is 47.5 Å². The standard InChI is InChI=1S/C18H20N2O3.ClH/c1-12-7-8-14-16(11-12)22-15-6-4-5-13(17(15)23-14)18(21)19-9-10-20(2)3;/h4-8,11H,9-10H2,1-3H3,(H,19,21);1H/p-1. The van der Waals surface area contributed by atoms with E-state index in [9.17, 15) is 4.79 Å². The molecule has 0 bridgehead atoms. The number of aryl methyl sites for hydroxylation is 1. The second-order valence-corrected chi connectivity index (χ2v) is 5.85. The second-order valence-electron chi connectivity index (χ2n) is 5.85. The number of rotatable bonds is 4. The van der Waals surface area contributed by atoms with Gasteiger partial charge in [-0.2, -0.15) is 0 Å². The summed E-state index contributed by atoms with van der Waals surface area (Å²) in [5, 5.41) is 2.90. The predicted octanol–water partition coefficient (Wildman–Crippen LogP) is 0.188. The van der Waals surface area contributed by atoms with Crippen LogP contribution in [-0.2, 0) is 0 Å². The molecule has 1 heterocycles. The van der Waals surface area contributed by atoms with Gasteiger partial charge in [-0.3, -0.25) is 4.79 Å². The molecule has 5 nitrogen and oxygen atoms in total. The molecule has 0 radical (unpaired) electrons. The van der Waals surface area contributed by atoms with Gasteiger partial charge in [-0.25, -0.2) is 0 Å². The molecule has 0 aliphatic carbocycles. The van der Waals surface area contributed by atoms with Gasteiger partial charge in [-0.05, 0) is 50.8 Å². The number of carbonyl (C=O) groups is 1. The average Bonchev–Trinajstić information content (AvgIpc) is 2.51. The van der Waals surface area contributed by atoms with Crippen molar-refractivity contribution in [1.29, 1.82) is 0 Å². The normalized spacial score (nSPS) is 11.5. The Balaban J connectivity index is 0.00000208. The highest BCUT2D eigenvalue weighted by molar-refractivity contribution is 5.98. The zero-order valence-electron chi connectivity index (χ0n) is 13.9. The van der Waals surface area contributed by atoms with Crippen molar-refractivity contribution in [2.24, 2.45) is 0 Å². The molecule has 2 aromatic rings. The quantitative estimate of drug-likeness (QED) is 0.732. The number of nitrogens with one attached hydrogen (secondary N) is 1. The van der Waals surface area contributed by atoms with Gasteiger partial charge in [0.1, 0.15) is 0 Å². The number of hydrogen-bond acceptors (Lipinski definition) is 4. The van der Waals surface area contributed by atoms with Crippen LogP contribution in [0.2, 0.25) is 0 Å². The summed E-state index contributed by atoms with van der Waals surface area (Å²) >= 11 is 0. The first-order valence-corrected chi connectivity index (χ1v) is 7.57. The fraction of sp³-hybridized carbons (Fsp3) is 0.278. The number of fused-ring (bicyclic) bond motifs is 2. The van der Waals surface area contributed by atoms with Gasteiger partial charge in [0, 0.05) is 13.1 Å². The summed E-state index contributed by atoms with van der Waals surface area (Å²) in [6.07, 6.45) is 0. The van der Waals surface area contributed by atoms with Crippen LogP contribution < -0.4 is 27.2 Å². The molecule has 1 amide bonds. The van der Waals surface area contributed by atoms with Gasteiger partial charge in [0.05, 0.1) is 5.56 Å². The lowest BCUT2D eigenvalue weighted by Crippen LogP contribution is -3.00. The summed E-state index contributed by atoms with van der Waals surface area (Å²) in [5.74, 6) is 2.15. The molecule has 0 saturated heterocycles. The van der Waals surface area contributed by atoms with E-state index >= 15 is 0 Å². The summed E-state index contributed by atoms with van der Waals surface area (Å²) in [7, 11) is 3.93. The molecule has 0 spiro atoms. The van der Waals surface area contributed by atoms with Crippen LogP contribution in [0.25, 0.3) is 0 Å². The summed E-state index contributed by atoms with van der Waals surface area (Å²) in [6.45, 7) is 3.35. The number of carbonyl (C=O) groups excluding carboxylic acids is 1. The zero-order chi connectivity index (χ0) is 16.4. The summed E-state index contributed by atoms with van der Waals surface area (Å²) < 4.78 is 11.8. The minimum atomic E-state index is -0.164. The van der Waals surface area contributed by atoms with Gasteiger partial charge in [-0.15, -0.1) is 0 Å². The Labute approximate surface area is 148 Å². The highest BCUT2D eigenvalue weighted by atomic mass is 35.5. The zero-order valence-corrected chi connectivity index (χ0v) is 14.7. The van der Waals surface area contributed by atoms with E-state index in [-0.39, 0.29) is 18.3 Å². The van der Waals surface area contributed by atoms with E-state index in [1.165, 1.54) is 0 Å². The lowest BCUT2D eigenvalue weighted by Gasteiger charge is -2.22. The maximum absolute atomic E-state index is 12.4. The molecule has 1 N–H and O–H groups in total. The Kier molecular flexibility index (Phi) is 5.70. The number of hydrogen-bond donors (Lipinski definition) is 1. The van der Waals surface area contributed by atoms with Crippen LogP contribution in [0.1, 0.15) is 15.9 Å². The van der Waals surface area contributed by atoms with E-state index in [2.05, 4.69) is 5.32 Å². The first-order valence-electron chi connectivity index (χ1n) is 7.57. The smallest absolute Gasteiger partial charge is 0.255 e. The minimum Gasteiger partial charge on any atom is -1.00 e. The Morgan fingerprint density at radius 1 is 1.08 bits per heavy atom. The van der Waals surface area contributed by atoms with E-state index in [4.69, 9.17) is 9.47 Å². The van der Waals surface area contributed by atoms with E-state index in [1.807, 2.05) is 44.1 Å². The fourth-order valence-electron chi connectivity index (χ4n) is 2.38. The first-order chi connectivity index (χ1) is 11.0. The number of benzene rings is 2. The molecule has 128 valence electrons. The van der Waals surface area contributed by atoms with Gasteiger partial charge in [0.2, 0.25) is 0 Å². The van der Waals surface area contributed by atoms with Crippen LogP contribution in [-0.4, -0.2) is 38.0 Å². The van der Waals surface area contributed by atoms with Crippen LogP contribution in [0.15, 0.2) is 36.4 Å². The fourth-order valence-corrected chi connectivity index (χ4v) is 2.38. The Morgan fingerprint density at radius 2 is 1.88 bits per heavy atom. The van der Waals surface area contributed by atoms with Crippen LogP contribution in [0.5, 0.6) is 23.0 Å². The average molecular weight is 348 g/mol. The number of nitrogens with zero attached hydrogens (tertiary/aromatic N) is 1. The van der Waals surface area contributed by atoms with Crippen LogP contribution in [0.4, 0.5) is 0 Å². The number of para-hydroxylation sites is 1. The van der Waals surface area contributed by atoms with Gasteiger partial charge in [0.25, 0.3) is 5.91 Å². The van der Waals surface area contributed by atoms with E-state index in [0.717, 1.165) is 12.1 Å². The molecule has 1 aliphatic rings. The van der Waals surface area contributed by atoms with Crippen molar-refractivity contribution in [3.8, 4) is 23.0 Å². The summed E-state index contributed by atoms with van der Waals surface area (Å²) in [4.78, 5) is 14.4. The third-order valence-corrected chi connectivity index (χ3v) is 3.60. The topological polar surface area (TPSA) is 50.8 Å². The summed E-state index contributed by atoms with van der Waals surface area (Å²) in [5.41, 5.74) is 1.57. The van der Waals surface area contributed by atoms with Crippen LogP contribution >= 0.6 is 0 Å². The third-order valence-electron chi connectivity index (χ3n) is 3.60. The van der Waals surface area contributed by atoms with Gasteiger partial charge < -0.3 is 32.1 Å². The van der Waals surface area contributed by atoms with Gasteiger partial charge >= 0.3 is 0 Å². The maximum Gasteiger partial charge on any atom is 0.255 e. The molecule has 0 aromatic heterocycles. The summed E-state index contributed by atoms with van der Waals surface area (Å²) in [6, 6.07) is 11.1. The van der Waals surface area contributed by atoms with Gasteiger partial charge in [-0.1, -0.05) is 12.1 Å². The lowest BCUT2D eigenvalue weighted by atomic mass is 10.1. The van der Waals surface area contributed by atoms with E-state index in [0.29, 0.717) is 35.1 Å². The van der Waals surface area contributed by atoms with Crippen molar-refractivity contribution < 1.29 is 26.7 Å². The van der Waals surface area contributed by atoms with Crippen molar-refractivity contribution in [3.63, 3.8) is 0 Å². The SMILES string of the molecule is Cc1ccc2c(c1)Oc1cccc(C(=O)NCCN(C)C)c1O2.[Cl-]. The molecule has 24 heavy (non-hydrogen) atoms. The number of halogens is 1. The lowest BCUT2D eigenvalue weighted by molar-refractivity contribution is -0.0000142. The highest BCUT2D eigenvalue weighted by Crippen LogP contribution is 2.46. The third kappa shape index (κ3) is 3.80. The molecule has 0 atom stereocenters. The maximum atomic E-state index is 12.4. The van der Waals surface area contributed by atoms with Crippen LogP contribution in [0, 0.1) is 6.92 Å². The Bertz CT molecular complexity index is 747. The predicted molar refractivity (Wildman–Crippen MR) is 88.7 cm³/mol. The number of ether oxygens (including phenoxy) is 2.